The Morgan fingerprint density at radius 3 is 2.75 bits per heavy atom. The summed E-state index contributed by atoms with van der Waals surface area (Å²) in [4.78, 5) is 21.4. The van der Waals surface area contributed by atoms with Crippen molar-refractivity contribution in [3.05, 3.63) is 12.7 Å². The molecule has 0 unspecified atom stereocenters. The molecule has 0 aromatic rings. The Balaban J connectivity index is 3.36. The second-order valence-corrected chi connectivity index (χ2v) is 3.55. The molecular formula is C11H19NO4. The average molecular weight is 229 g/mol. The van der Waals surface area contributed by atoms with E-state index in [1.807, 2.05) is 0 Å². The number of ether oxygens (including phenoxy) is 1. The van der Waals surface area contributed by atoms with E-state index in [2.05, 4.69) is 11.9 Å². The summed E-state index contributed by atoms with van der Waals surface area (Å²) < 4.78 is 4.69. The quantitative estimate of drug-likeness (QED) is 0.491. The van der Waals surface area contributed by atoms with Crippen LogP contribution < -0.4 is 5.32 Å². The SMILES string of the molecule is C=CCOC(=O)NCCCC[C@@H](C)C(=O)O. The fourth-order valence-electron chi connectivity index (χ4n) is 1.08. The first kappa shape index (κ1) is 14.5. The molecule has 5 heteroatoms. The van der Waals surface area contributed by atoms with Gasteiger partial charge < -0.3 is 15.2 Å². The third-order valence-corrected chi connectivity index (χ3v) is 2.09. The van der Waals surface area contributed by atoms with Crippen LogP contribution in [0.5, 0.6) is 0 Å². The van der Waals surface area contributed by atoms with Crippen molar-refractivity contribution in [3.8, 4) is 0 Å². The molecule has 0 radical (unpaired) electrons. The van der Waals surface area contributed by atoms with Crippen molar-refractivity contribution >= 4 is 12.1 Å². The molecule has 0 heterocycles. The number of carbonyl (C=O) groups excluding carboxylic acids is 1. The van der Waals surface area contributed by atoms with Crippen LogP contribution >= 0.6 is 0 Å². The highest BCUT2D eigenvalue weighted by molar-refractivity contribution is 5.69. The number of hydrogen-bond donors (Lipinski definition) is 2. The van der Waals surface area contributed by atoms with E-state index in [4.69, 9.17) is 9.84 Å². The van der Waals surface area contributed by atoms with Gasteiger partial charge in [-0.3, -0.25) is 4.79 Å². The number of alkyl carbamates (subject to hydrolysis) is 1. The normalized spacial score (nSPS) is 11.6. The minimum absolute atomic E-state index is 0.196. The standard InChI is InChI=1S/C11H19NO4/c1-3-8-16-11(15)12-7-5-4-6-9(2)10(13)14/h3,9H,1,4-8H2,2H3,(H,12,15)(H,13,14)/t9-/m1/s1. The van der Waals surface area contributed by atoms with Gasteiger partial charge in [-0.15, -0.1) is 0 Å². The highest BCUT2D eigenvalue weighted by Crippen LogP contribution is 2.06. The topological polar surface area (TPSA) is 75.6 Å². The number of carboxylic acid groups (broad SMARTS) is 1. The van der Waals surface area contributed by atoms with Crippen molar-refractivity contribution in [1.82, 2.24) is 5.32 Å². The van der Waals surface area contributed by atoms with Gasteiger partial charge >= 0.3 is 12.1 Å². The summed E-state index contributed by atoms with van der Waals surface area (Å²) in [5.41, 5.74) is 0. The van der Waals surface area contributed by atoms with E-state index in [1.165, 1.54) is 6.08 Å². The highest BCUT2D eigenvalue weighted by Gasteiger charge is 2.09. The van der Waals surface area contributed by atoms with E-state index in [-0.39, 0.29) is 12.5 Å². The summed E-state index contributed by atoms with van der Waals surface area (Å²) in [6.07, 6.45) is 3.18. The van der Waals surface area contributed by atoms with Gasteiger partial charge in [-0.1, -0.05) is 26.0 Å². The predicted octanol–water partition coefficient (Wildman–Crippen LogP) is 1.79. The average Bonchev–Trinajstić information content (AvgIpc) is 2.25. The van der Waals surface area contributed by atoms with Crippen molar-refractivity contribution in [1.29, 1.82) is 0 Å². The number of nitrogens with one attached hydrogen (secondary N) is 1. The zero-order chi connectivity index (χ0) is 12.4. The number of amides is 1. The number of unbranched alkanes of at least 4 members (excludes halogenated alkanes) is 1. The van der Waals surface area contributed by atoms with Crippen LogP contribution in [0, 0.1) is 5.92 Å². The summed E-state index contributed by atoms with van der Waals surface area (Å²) in [5, 5.41) is 11.2. The second-order valence-electron chi connectivity index (χ2n) is 3.55. The number of carboxylic acids is 1. The largest absolute Gasteiger partial charge is 0.481 e. The van der Waals surface area contributed by atoms with Crippen molar-refractivity contribution in [3.63, 3.8) is 0 Å². The van der Waals surface area contributed by atoms with E-state index in [0.29, 0.717) is 13.0 Å². The van der Waals surface area contributed by atoms with Crippen molar-refractivity contribution in [2.24, 2.45) is 5.92 Å². The van der Waals surface area contributed by atoms with E-state index in [0.717, 1.165) is 12.8 Å². The fourth-order valence-corrected chi connectivity index (χ4v) is 1.08. The zero-order valence-corrected chi connectivity index (χ0v) is 9.57. The third kappa shape index (κ3) is 7.84. The van der Waals surface area contributed by atoms with Crippen LogP contribution in [0.25, 0.3) is 0 Å². The van der Waals surface area contributed by atoms with Crippen LogP contribution in [0.3, 0.4) is 0 Å². The zero-order valence-electron chi connectivity index (χ0n) is 9.57. The molecule has 0 aromatic heterocycles. The molecule has 0 bridgehead atoms. The number of carbonyl (C=O) groups is 2. The monoisotopic (exact) mass is 229 g/mol. The summed E-state index contributed by atoms with van der Waals surface area (Å²) in [7, 11) is 0. The maximum absolute atomic E-state index is 10.9. The van der Waals surface area contributed by atoms with E-state index >= 15 is 0 Å². The van der Waals surface area contributed by atoms with Crippen LogP contribution in [0.2, 0.25) is 0 Å². The lowest BCUT2D eigenvalue weighted by molar-refractivity contribution is -0.141. The summed E-state index contributed by atoms with van der Waals surface area (Å²) >= 11 is 0. The van der Waals surface area contributed by atoms with Gasteiger partial charge in [0.1, 0.15) is 6.61 Å². The molecule has 0 fully saturated rings. The number of rotatable bonds is 8. The second kappa shape index (κ2) is 8.76. The predicted molar refractivity (Wildman–Crippen MR) is 60.2 cm³/mol. The van der Waals surface area contributed by atoms with Gasteiger partial charge in [0.15, 0.2) is 0 Å². The lowest BCUT2D eigenvalue weighted by Crippen LogP contribution is -2.25. The molecule has 0 rings (SSSR count). The molecule has 92 valence electrons. The van der Waals surface area contributed by atoms with Crippen LogP contribution in [0.4, 0.5) is 4.79 Å². The fraction of sp³-hybridized carbons (Fsp3) is 0.636. The molecular weight excluding hydrogens is 210 g/mol. The maximum atomic E-state index is 10.9. The van der Waals surface area contributed by atoms with Crippen molar-refractivity contribution in [2.45, 2.75) is 26.2 Å². The number of aliphatic carboxylic acids is 1. The summed E-state index contributed by atoms with van der Waals surface area (Å²) in [6, 6.07) is 0. The molecule has 0 aliphatic heterocycles. The molecule has 16 heavy (non-hydrogen) atoms. The van der Waals surface area contributed by atoms with Gasteiger partial charge in [0, 0.05) is 6.54 Å². The Hall–Kier alpha value is -1.52. The molecule has 1 atom stereocenters. The molecule has 0 spiro atoms. The third-order valence-electron chi connectivity index (χ3n) is 2.09. The van der Waals surface area contributed by atoms with Crippen LogP contribution in [0.15, 0.2) is 12.7 Å². The van der Waals surface area contributed by atoms with Crippen molar-refractivity contribution < 1.29 is 19.4 Å². The summed E-state index contributed by atoms with van der Waals surface area (Å²) in [6.45, 7) is 5.79. The Kier molecular flexibility index (Phi) is 7.93. The maximum Gasteiger partial charge on any atom is 0.407 e. The lowest BCUT2D eigenvalue weighted by Gasteiger charge is -2.07. The van der Waals surface area contributed by atoms with Gasteiger partial charge in [0.2, 0.25) is 0 Å². The molecule has 0 aliphatic carbocycles. The van der Waals surface area contributed by atoms with Crippen LogP contribution in [-0.2, 0) is 9.53 Å². The van der Waals surface area contributed by atoms with Gasteiger partial charge in [0.05, 0.1) is 5.92 Å². The van der Waals surface area contributed by atoms with Gasteiger partial charge in [-0.2, -0.15) is 0 Å². The summed E-state index contributed by atoms with van der Waals surface area (Å²) in [5.74, 6) is -1.11. The van der Waals surface area contributed by atoms with E-state index < -0.39 is 12.1 Å². The molecule has 5 nitrogen and oxygen atoms in total. The lowest BCUT2D eigenvalue weighted by atomic mass is 10.0. The molecule has 0 aromatic carbocycles. The molecule has 1 amide bonds. The van der Waals surface area contributed by atoms with Crippen molar-refractivity contribution in [2.75, 3.05) is 13.2 Å². The highest BCUT2D eigenvalue weighted by atomic mass is 16.5. The molecule has 0 saturated carbocycles. The van der Waals surface area contributed by atoms with Gasteiger partial charge in [-0.05, 0) is 12.8 Å². The Morgan fingerprint density at radius 1 is 1.50 bits per heavy atom. The van der Waals surface area contributed by atoms with E-state index in [9.17, 15) is 9.59 Å². The number of hydrogen-bond acceptors (Lipinski definition) is 3. The smallest absolute Gasteiger partial charge is 0.407 e. The molecule has 2 N–H and O–H groups in total. The van der Waals surface area contributed by atoms with Crippen LogP contribution in [-0.4, -0.2) is 30.3 Å². The Morgan fingerprint density at radius 2 is 2.19 bits per heavy atom. The van der Waals surface area contributed by atoms with Crippen LogP contribution in [0.1, 0.15) is 26.2 Å². The first-order valence-corrected chi connectivity index (χ1v) is 5.32. The van der Waals surface area contributed by atoms with Gasteiger partial charge in [0.25, 0.3) is 0 Å². The molecule has 0 saturated heterocycles. The van der Waals surface area contributed by atoms with Gasteiger partial charge in [-0.25, -0.2) is 4.79 Å². The first-order valence-electron chi connectivity index (χ1n) is 5.32. The van der Waals surface area contributed by atoms with E-state index in [1.54, 1.807) is 6.92 Å². The minimum Gasteiger partial charge on any atom is -0.481 e. The minimum atomic E-state index is -0.779. The Labute approximate surface area is 95.5 Å². The Bertz CT molecular complexity index is 240. The first-order chi connectivity index (χ1) is 7.57. The molecule has 0 aliphatic rings.